The van der Waals surface area contributed by atoms with E-state index in [0.29, 0.717) is 44.6 Å². The Kier molecular flexibility index (Phi) is 6.13. The summed E-state index contributed by atoms with van der Waals surface area (Å²) < 4.78 is 10.5. The van der Waals surface area contributed by atoms with Gasteiger partial charge in [0.1, 0.15) is 0 Å². The van der Waals surface area contributed by atoms with Gasteiger partial charge < -0.3 is 29.8 Å². The highest BCUT2D eigenvalue weighted by Gasteiger charge is 2.25. The van der Waals surface area contributed by atoms with Crippen molar-refractivity contribution in [1.82, 2.24) is 15.0 Å². The minimum atomic E-state index is -0.287. The first-order valence-electron chi connectivity index (χ1n) is 9.43. The van der Waals surface area contributed by atoms with Crippen LogP contribution in [0.4, 0.5) is 16.5 Å². The number of rotatable bonds is 6. The molecule has 1 aromatic heterocycles. The summed E-state index contributed by atoms with van der Waals surface area (Å²) in [5.74, 6) is 0.492. The van der Waals surface area contributed by atoms with E-state index in [1.807, 2.05) is 36.9 Å². The van der Waals surface area contributed by atoms with Crippen LogP contribution in [0.1, 0.15) is 26.3 Å². The molecule has 0 bridgehead atoms. The van der Waals surface area contributed by atoms with Crippen molar-refractivity contribution in [2.75, 3.05) is 43.0 Å². The molecule has 2 heterocycles. The molecule has 2 N–H and O–H groups in total. The zero-order chi connectivity index (χ0) is 20.1. The predicted octanol–water partition coefficient (Wildman–Crippen LogP) is 2.83. The number of ether oxygens (including phenoxy) is 1. The minimum Gasteiger partial charge on any atom is -0.450 e. The Balaban J connectivity index is 1.71. The summed E-state index contributed by atoms with van der Waals surface area (Å²) in [4.78, 5) is 20.0. The van der Waals surface area contributed by atoms with Crippen molar-refractivity contribution in [3.8, 4) is 11.4 Å². The molecule has 28 heavy (non-hydrogen) atoms. The summed E-state index contributed by atoms with van der Waals surface area (Å²) in [6.45, 7) is 8.56. The van der Waals surface area contributed by atoms with Crippen molar-refractivity contribution in [3.63, 3.8) is 0 Å². The van der Waals surface area contributed by atoms with E-state index in [-0.39, 0.29) is 12.1 Å². The second-order valence-corrected chi connectivity index (χ2v) is 6.82. The largest absolute Gasteiger partial charge is 0.450 e. The van der Waals surface area contributed by atoms with E-state index in [4.69, 9.17) is 14.7 Å². The predicted molar refractivity (Wildman–Crippen MR) is 107 cm³/mol. The van der Waals surface area contributed by atoms with Gasteiger partial charge in [0.05, 0.1) is 6.61 Å². The fourth-order valence-corrected chi connectivity index (χ4v) is 3.01. The van der Waals surface area contributed by atoms with Crippen LogP contribution in [0.15, 0.2) is 22.7 Å². The van der Waals surface area contributed by atoms with E-state index >= 15 is 0 Å². The Morgan fingerprint density at radius 3 is 2.75 bits per heavy atom. The number of nitrogens with one attached hydrogen (secondary N) is 2. The van der Waals surface area contributed by atoms with Crippen LogP contribution in [0, 0.1) is 5.41 Å². The Labute approximate surface area is 164 Å². The maximum absolute atomic E-state index is 11.8. The lowest BCUT2D eigenvalue weighted by atomic mass is 10.1. The molecule has 0 aliphatic carbocycles. The highest BCUT2D eigenvalue weighted by molar-refractivity contribution is 5.87. The topological polar surface area (TPSA) is 108 Å². The first-order chi connectivity index (χ1) is 13.5. The third-order valence-electron chi connectivity index (χ3n) is 4.40. The SMILES string of the molecule is CCOC(=O)N1CCN(c2nc(-c3ccc(C=N)c(NC(C)C)c3)no2)CC1. The molecule has 1 aliphatic heterocycles. The van der Waals surface area contributed by atoms with E-state index < -0.39 is 0 Å². The molecule has 9 nitrogen and oxygen atoms in total. The van der Waals surface area contributed by atoms with E-state index in [1.54, 1.807) is 11.8 Å². The third kappa shape index (κ3) is 4.41. The molecular weight excluding hydrogens is 360 g/mol. The Morgan fingerprint density at radius 2 is 2.11 bits per heavy atom. The highest BCUT2D eigenvalue weighted by atomic mass is 16.6. The first-order valence-corrected chi connectivity index (χ1v) is 9.43. The third-order valence-corrected chi connectivity index (χ3v) is 4.40. The van der Waals surface area contributed by atoms with Gasteiger partial charge >= 0.3 is 12.1 Å². The Morgan fingerprint density at radius 1 is 1.36 bits per heavy atom. The minimum absolute atomic E-state index is 0.241. The first kappa shape index (κ1) is 19.7. The number of nitrogens with zero attached hydrogens (tertiary/aromatic N) is 4. The number of amides is 1. The molecule has 150 valence electrons. The van der Waals surface area contributed by atoms with Crippen molar-refractivity contribution in [3.05, 3.63) is 23.8 Å². The average Bonchev–Trinajstić information content (AvgIpc) is 3.18. The zero-order valence-electron chi connectivity index (χ0n) is 16.4. The van der Waals surface area contributed by atoms with Crippen LogP contribution in [-0.2, 0) is 4.74 Å². The Hall–Kier alpha value is -3.10. The van der Waals surface area contributed by atoms with Gasteiger partial charge in [-0.1, -0.05) is 17.3 Å². The molecule has 9 heteroatoms. The number of carbonyl (C=O) groups is 1. The lowest BCUT2D eigenvalue weighted by Gasteiger charge is -2.32. The summed E-state index contributed by atoms with van der Waals surface area (Å²) in [5, 5.41) is 15.0. The molecule has 1 amide bonds. The van der Waals surface area contributed by atoms with Gasteiger partial charge in [-0.25, -0.2) is 4.79 Å². The van der Waals surface area contributed by atoms with E-state index in [9.17, 15) is 4.79 Å². The molecular formula is C19H26N6O3. The molecule has 2 aromatic rings. The monoisotopic (exact) mass is 386 g/mol. The molecule has 0 unspecified atom stereocenters. The molecule has 3 rings (SSSR count). The molecule has 0 radical (unpaired) electrons. The fourth-order valence-electron chi connectivity index (χ4n) is 3.01. The van der Waals surface area contributed by atoms with Gasteiger partial charge in [-0.3, -0.25) is 0 Å². The highest BCUT2D eigenvalue weighted by Crippen LogP contribution is 2.26. The maximum atomic E-state index is 11.8. The van der Waals surface area contributed by atoms with Crippen molar-refractivity contribution in [2.24, 2.45) is 0 Å². The molecule has 0 atom stereocenters. The summed E-state index contributed by atoms with van der Waals surface area (Å²) in [5.41, 5.74) is 2.47. The smallest absolute Gasteiger partial charge is 0.409 e. The zero-order valence-corrected chi connectivity index (χ0v) is 16.4. The molecule has 1 aliphatic rings. The Bertz CT molecular complexity index is 827. The number of carbonyl (C=O) groups excluding carboxylic acids is 1. The number of piperazine rings is 1. The number of benzene rings is 1. The van der Waals surface area contributed by atoms with Crippen molar-refractivity contribution in [2.45, 2.75) is 26.8 Å². The fraction of sp³-hybridized carbons (Fsp3) is 0.474. The van der Waals surface area contributed by atoms with E-state index in [1.165, 1.54) is 6.21 Å². The summed E-state index contributed by atoms with van der Waals surface area (Å²) in [7, 11) is 0. The van der Waals surface area contributed by atoms with Gasteiger partial charge in [0.2, 0.25) is 5.82 Å². The van der Waals surface area contributed by atoms with E-state index in [0.717, 1.165) is 16.8 Å². The standard InChI is InChI=1S/C19H26N6O3/c1-4-27-19(26)25-9-7-24(8-10-25)18-22-17(23-28-18)14-5-6-15(12-20)16(11-14)21-13(2)3/h5-6,11-13,20-21H,4,7-10H2,1-3H3. The number of aromatic nitrogens is 2. The van der Waals surface area contributed by atoms with Crippen molar-refractivity contribution in [1.29, 1.82) is 5.41 Å². The van der Waals surface area contributed by atoms with Crippen molar-refractivity contribution < 1.29 is 14.1 Å². The normalized spacial score (nSPS) is 14.3. The summed E-state index contributed by atoms with van der Waals surface area (Å²) in [6.07, 6.45) is 1.03. The van der Waals surface area contributed by atoms with Gasteiger partial charge in [-0.15, -0.1) is 0 Å². The van der Waals surface area contributed by atoms with Crippen LogP contribution >= 0.6 is 0 Å². The van der Waals surface area contributed by atoms with Gasteiger partial charge in [-0.2, -0.15) is 4.98 Å². The van der Waals surface area contributed by atoms with Crippen LogP contribution in [-0.4, -0.2) is 66.2 Å². The van der Waals surface area contributed by atoms with Crippen LogP contribution in [0.3, 0.4) is 0 Å². The molecule has 0 spiro atoms. The van der Waals surface area contributed by atoms with Crippen LogP contribution in [0.2, 0.25) is 0 Å². The lowest BCUT2D eigenvalue weighted by Crippen LogP contribution is -2.49. The molecule has 1 aromatic carbocycles. The quantitative estimate of drug-likeness (QED) is 0.735. The maximum Gasteiger partial charge on any atom is 0.409 e. The van der Waals surface area contributed by atoms with E-state index in [2.05, 4.69) is 15.5 Å². The average molecular weight is 386 g/mol. The summed E-state index contributed by atoms with van der Waals surface area (Å²) >= 11 is 0. The van der Waals surface area contributed by atoms with Gasteiger partial charge in [0.15, 0.2) is 0 Å². The lowest BCUT2D eigenvalue weighted by molar-refractivity contribution is 0.104. The van der Waals surface area contributed by atoms with Gasteiger partial charge in [0, 0.05) is 55.2 Å². The van der Waals surface area contributed by atoms with Crippen LogP contribution in [0.25, 0.3) is 11.4 Å². The van der Waals surface area contributed by atoms with Crippen LogP contribution in [0.5, 0.6) is 0 Å². The van der Waals surface area contributed by atoms with Crippen LogP contribution < -0.4 is 10.2 Å². The second kappa shape index (κ2) is 8.73. The number of hydrogen-bond acceptors (Lipinski definition) is 8. The van der Waals surface area contributed by atoms with Crippen molar-refractivity contribution >= 4 is 24.0 Å². The number of anilines is 2. The molecule has 1 saturated heterocycles. The summed E-state index contributed by atoms with van der Waals surface area (Å²) in [6, 6.07) is 6.34. The number of hydrogen-bond donors (Lipinski definition) is 2. The molecule has 1 fully saturated rings. The second-order valence-electron chi connectivity index (χ2n) is 6.82. The molecule has 0 saturated carbocycles. The van der Waals surface area contributed by atoms with Gasteiger partial charge in [-0.05, 0) is 26.8 Å². The van der Waals surface area contributed by atoms with Gasteiger partial charge in [0.25, 0.3) is 0 Å².